The van der Waals surface area contributed by atoms with E-state index < -0.39 is 23.6 Å². The summed E-state index contributed by atoms with van der Waals surface area (Å²) in [6.45, 7) is 0.0427. The van der Waals surface area contributed by atoms with E-state index in [9.17, 15) is 9.59 Å². The van der Waals surface area contributed by atoms with Crippen LogP contribution in [-0.4, -0.2) is 33.0 Å². The second-order valence-corrected chi connectivity index (χ2v) is 8.32. The van der Waals surface area contributed by atoms with E-state index in [4.69, 9.17) is 28.1 Å². The van der Waals surface area contributed by atoms with Gasteiger partial charge in [0.25, 0.3) is 5.91 Å². The molecular weight excluding hydrogens is 466 g/mol. The third-order valence-corrected chi connectivity index (χ3v) is 6.31. The zero-order valence-electron chi connectivity index (χ0n) is 19.4. The van der Waals surface area contributed by atoms with Gasteiger partial charge in [-0.05, 0) is 54.1 Å². The summed E-state index contributed by atoms with van der Waals surface area (Å²) < 4.78 is 33.6. The molecule has 36 heavy (non-hydrogen) atoms. The van der Waals surface area contributed by atoms with Crippen LogP contribution in [0.25, 0.3) is 11.0 Å². The van der Waals surface area contributed by atoms with Crippen molar-refractivity contribution in [3.05, 3.63) is 82.2 Å². The molecule has 2 atom stereocenters. The van der Waals surface area contributed by atoms with E-state index in [2.05, 4.69) is 5.32 Å². The number of methoxy groups -OCH3 is 2. The summed E-state index contributed by atoms with van der Waals surface area (Å²) >= 11 is 0. The van der Waals surface area contributed by atoms with Crippen LogP contribution in [0.15, 0.2) is 69.9 Å². The molecule has 2 aliphatic rings. The number of carbonyl (C=O) groups excluding carboxylic acids is 1. The van der Waals surface area contributed by atoms with Crippen LogP contribution < -0.4 is 34.6 Å². The fraction of sp³-hybridized carbons (Fsp3) is 0.185. The Morgan fingerprint density at radius 2 is 1.78 bits per heavy atom. The number of hydrogen-bond donors (Lipinski definition) is 1. The van der Waals surface area contributed by atoms with Crippen molar-refractivity contribution >= 4 is 22.6 Å². The van der Waals surface area contributed by atoms with Gasteiger partial charge < -0.3 is 33.4 Å². The number of ether oxygens (including phenoxy) is 5. The van der Waals surface area contributed by atoms with Gasteiger partial charge in [0, 0.05) is 5.69 Å². The Bertz CT molecular complexity index is 1540. The molecule has 0 spiro atoms. The molecule has 0 aliphatic carbocycles. The average Bonchev–Trinajstić information content (AvgIpc) is 3.54. The normalized spacial score (nSPS) is 17.4. The number of nitrogens with one attached hydrogen (secondary N) is 1. The van der Waals surface area contributed by atoms with E-state index in [0.717, 1.165) is 0 Å². The van der Waals surface area contributed by atoms with Gasteiger partial charge in [-0.25, -0.2) is 4.79 Å². The molecule has 0 saturated carbocycles. The molecule has 9 heteroatoms. The first-order valence-electron chi connectivity index (χ1n) is 11.2. The van der Waals surface area contributed by atoms with Gasteiger partial charge in [0.1, 0.15) is 17.1 Å². The monoisotopic (exact) mass is 487 g/mol. The zero-order valence-corrected chi connectivity index (χ0v) is 19.4. The second-order valence-electron chi connectivity index (χ2n) is 8.32. The van der Waals surface area contributed by atoms with Crippen molar-refractivity contribution in [1.82, 2.24) is 0 Å². The Hall–Kier alpha value is -4.66. The van der Waals surface area contributed by atoms with Crippen LogP contribution in [0.1, 0.15) is 17.0 Å². The Kier molecular flexibility index (Phi) is 5.18. The van der Waals surface area contributed by atoms with Crippen LogP contribution in [0.3, 0.4) is 0 Å². The summed E-state index contributed by atoms with van der Waals surface area (Å²) in [6, 6.07) is 17.4. The summed E-state index contributed by atoms with van der Waals surface area (Å²) in [6.07, 6.45) is -1.07. The SMILES string of the molecule is COc1ccc(NC(=O)[C@H]2Oc3c(c(=O)oc4ccccc34)[C@@H]2c2cc(OC)c3c(c2)OCO3)cc1. The van der Waals surface area contributed by atoms with Gasteiger partial charge in [-0.1, -0.05) is 12.1 Å². The molecule has 9 nitrogen and oxygen atoms in total. The van der Waals surface area contributed by atoms with Gasteiger partial charge in [0.15, 0.2) is 17.6 Å². The van der Waals surface area contributed by atoms with Crippen LogP contribution in [0.4, 0.5) is 5.69 Å². The predicted octanol–water partition coefficient (Wildman–Crippen LogP) is 4.07. The molecule has 2 aliphatic heterocycles. The average molecular weight is 487 g/mol. The molecule has 0 saturated heterocycles. The fourth-order valence-electron chi connectivity index (χ4n) is 4.64. The molecule has 182 valence electrons. The number of anilines is 1. The van der Waals surface area contributed by atoms with E-state index in [1.54, 1.807) is 61.7 Å². The Balaban J connectivity index is 1.48. The molecule has 0 bridgehead atoms. The molecular formula is C27H21NO8. The first kappa shape index (κ1) is 21.8. The predicted molar refractivity (Wildman–Crippen MR) is 129 cm³/mol. The molecule has 6 rings (SSSR count). The van der Waals surface area contributed by atoms with Crippen LogP contribution in [0.5, 0.6) is 28.7 Å². The van der Waals surface area contributed by atoms with Gasteiger partial charge >= 0.3 is 5.63 Å². The highest BCUT2D eigenvalue weighted by Gasteiger charge is 2.45. The number of fused-ring (bicyclic) bond motifs is 4. The molecule has 0 fully saturated rings. The van der Waals surface area contributed by atoms with E-state index in [-0.39, 0.29) is 12.4 Å². The van der Waals surface area contributed by atoms with Gasteiger partial charge in [-0.3, -0.25) is 4.79 Å². The zero-order chi connectivity index (χ0) is 24.8. The Labute approximate surface area is 205 Å². The topological polar surface area (TPSA) is 105 Å². The van der Waals surface area contributed by atoms with Crippen molar-refractivity contribution < 1.29 is 32.9 Å². The van der Waals surface area contributed by atoms with Gasteiger partial charge in [0.2, 0.25) is 12.5 Å². The molecule has 1 aromatic heterocycles. The standard InChI is InChI=1S/C27H21NO8/c1-31-16-9-7-15(8-10-16)28-26(29)25-21(14-11-19(32-2)24-20(12-14)33-13-34-24)22-23(36-25)17-5-3-4-6-18(17)35-27(22)30/h3-12,21,25H,13H2,1-2H3,(H,28,29)/t21-,25-/m0/s1. The number of carbonyl (C=O) groups is 1. The van der Waals surface area contributed by atoms with E-state index >= 15 is 0 Å². The van der Waals surface area contributed by atoms with Crippen molar-refractivity contribution in [1.29, 1.82) is 0 Å². The Morgan fingerprint density at radius 1 is 0.972 bits per heavy atom. The van der Waals surface area contributed by atoms with E-state index in [1.165, 1.54) is 7.11 Å². The number of rotatable bonds is 5. The maximum atomic E-state index is 13.6. The van der Waals surface area contributed by atoms with Crippen LogP contribution >= 0.6 is 0 Å². The highest BCUT2D eigenvalue weighted by Crippen LogP contribution is 2.49. The number of benzene rings is 3. The molecule has 1 N–H and O–H groups in total. The molecule has 0 unspecified atom stereocenters. The summed E-state index contributed by atoms with van der Waals surface area (Å²) in [4.78, 5) is 26.8. The summed E-state index contributed by atoms with van der Waals surface area (Å²) in [5.41, 5.74) is 1.20. The van der Waals surface area contributed by atoms with Crippen molar-refractivity contribution in [3.8, 4) is 28.7 Å². The molecule has 4 aromatic rings. The number of hydrogen-bond acceptors (Lipinski definition) is 8. The third kappa shape index (κ3) is 3.48. The minimum absolute atomic E-state index is 0.0427. The third-order valence-electron chi connectivity index (χ3n) is 6.31. The second kappa shape index (κ2) is 8.53. The molecule has 1 amide bonds. The largest absolute Gasteiger partial charge is 0.497 e. The lowest BCUT2D eigenvalue weighted by atomic mass is 9.87. The maximum absolute atomic E-state index is 13.6. The summed E-state index contributed by atoms with van der Waals surface area (Å²) in [5.74, 6) is 1.10. The quantitative estimate of drug-likeness (QED) is 0.420. The highest BCUT2D eigenvalue weighted by atomic mass is 16.7. The first-order chi connectivity index (χ1) is 17.6. The first-order valence-corrected chi connectivity index (χ1v) is 11.2. The minimum atomic E-state index is -1.07. The van der Waals surface area contributed by atoms with Crippen LogP contribution in [0, 0.1) is 0 Å². The van der Waals surface area contributed by atoms with Gasteiger partial charge in [-0.2, -0.15) is 0 Å². The van der Waals surface area contributed by atoms with Crippen molar-refractivity contribution in [3.63, 3.8) is 0 Å². The minimum Gasteiger partial charge on any atom is -0.497 e. The van der Waals surface area contributed by atoms with Crippen molar-refractivity contribution in [2.24, 2.45) is 0 Å². The van der Waals surface area contributed by atoms with Gasteiger partial charge in [-0.15, -0.1) is 0 Å². The fourth-order valence-corrected chi connectivity index (χ4v) is 4.64. The highest BCUT2D eigenvalue weighted by molar-refractivity contribution is 5.97. The lowest BCUT2D eigenvalue weighted by molar-refractivity contribution is -0.122. The smallest absolute Gasteiger partial charge is 0.344 e. The summed E-state index contributed by atoms with van der Waals surface area (Å²) in [7, 11) is 3.08. The lowest BCUT2D eigenvalue weighted by Gasteiger charge is -2.20. The maximum Gasteiger partial charge on any atom is 0.344 e. The molecule has 3 heterocycles. The van der Waals surface area contributed by atoms with Crippen molar-refractivity contribution in [2.45, 2.75) is 12.0 Å². The number of amides is 1. The molecule has 3 aromatic carbocycles. The summed E-state index contributed by atoms with van der Waals surface area (Å²) in [5, 5.41) is 3.48. The Morgan fingerprint density at radius 3 is 2.56 bits per heavy atom. The van der Waals surface area contributed by atoms with E-state index in [1.807, 2.05) is 6.07 Å². The van der Waals surface area contributed by atoms with Crippen LogP contribution in [0.2, 0.25) is 0 Å². The van der Waals surface area contributed by atoms with Crippen LogP contribution in [-0.2, 0) is 4.79 Å². The van der Waals surface area contributed by atoms with Gasteiger partial charge in [0.05, 0.1) is 31.1 Å². The van der Waals surface area contributed by atoms with Crippen molar-refractivity contribution in [2.75, 3.05) is 26.3 Å². The number of para-hydroxylation sites is 1. The molecule has 0 radical (unpaired) electrons. The van der Waals surface area contributed by atoms with E-state index in [0.29, 0.717) is 51.0 Å². The lowest BCUT2D eigenvalue weighted by Crippen LogP contribution is -2.35.